The second-order valence-corrected chi connectivity index (χ2v) is 11.7. The van der Waals surface area contributed by atoms with Gasteiger partial charge in [-0.15, -0.1) is 0 Å². The molecule has 0 bridgehead atoms. The maximum atomic E-state index is 2.73. The topological polar surface area (TPSA) is 6.48 Å². The van der Waals surface area contributed by atoms with Gasteiger partial charge in [0.1, 0.15) is 0 Å². The van der Waals surface area contributed by atoms with Crippen molar-refractivity contribution in [1.82, 2.24) is 9.80 Å². The van der Waals surface area contributed by atoms with Gasteiger partial charge >= 0.3 is 0 Å². The predicted molar refractivity (Wildman–Crippen MR) is 109 cm³/mol. The highest BCUT2D eigenvalue weighted by atomic mass is 15.2. The quantitative estimate of drug-likeness (QED) is 0.658. The molecule has 5 aliphatic rings. The lowest BCUT2D eigenvalue weighted by molar-refractivity contribution is -0.118. The maximum absolute atomic E-state index is 2.73. The fourth-order valence-electron chi connectivity index (χ4n) is 9.51. The zero-order chi connectivity index (χ0) is 18.3. The summed E-state index contributed by atoms with van der Waals surface area (Å²) < 4.78 is 0. The van der Waals surface area contributed by atoms with Gasteiger partial charge in [-0.2, -0.15) is 0 Å². The highest BCUT2D eigenvalue weighted by Crippen LogP contribution is 2.69. The molecule has 1 spiro atoms. The Labute approximate surface area is 162 Å². The normalized spacial score (nSPS) is 56.8. The van der Waals surface area contributed by atoms with Gasteiger partial charge in [0.05, 0.1) is 0 Å². The molecule has 26 heavy (non-hydrogen) atoms. The van der Waals surface area contributed by atoms with Crippen molar-refractivity contribution >= 4 is 0 Å². The molecular weight excluding hydrogens is 316 g/mol. The van der Waals surface area contributed by atoms with Crippen LogP contribution in [0.3, 0.4) is 0 Å². The summed E-state index contributed by atoms with van der Waals surface area (Å²) in [4.78, 5) is 5.23. The molecule has 5 rings (SSSR count). The zero-order valence-electron chi connectivity index (χ0n) is 18.0. The van der Waals surface area contributed by atoms with Gasteiger partial charge < -0.3 is 9.80 Å². The molecular formula is C24H42N2. The minimum atomic E-state index is 0.658. The maximum Gasteiger partial charge on any atom is 0.00982 e. The van der Waals surface area contributed by atoms with Crippen molar-refractivity contribution in [1.29, 1.82) is 0 Å². The molecule has 1 heterocycles. The van der Waals surface area contributed by atoms with E-state index in [0.29, 0.717) is 10.8 Å². The van der Waals surface area contributed by atoms with E-state index in [9.17, 15) is 0 Å². The van der Waals surface area contributed by atoms with Gasteiger partial charge in [-0.3, -0.25) is 0 Å². The molecule has 9 atom stereocenters. The van der Waals surface area contributed by atoms with E-state index in [1.54, 1.807) is 25.7 Å². The molecule has 0 aromatic rings. The van der Waals surface area contributed by atoms with Crippen LogP contribution in [-0.4, -0.2) is 49.6 Å². The van der Waals surface area contributed by atoms with Gasteiger partial charge in [-0.05, 0) is 126 Å². The molecule has 2 nitrogen and oxygen atoms in total. The third-order valence-corrected chi connectivity index (χ3v) is 11.0. The Morgan fingerprint density at radius 3 is 2.42 bits per heavy atom. The van der Waals surface area contributed by atoms with Crippen LogP contribution in [0.25, 0.3) is 0 Å². The Morgan fingerprint density at radius 1 is 0.885 bits per heavy atom. The SMILES string of the molecule is C[C@H]1[C@H]2CC[C@H]3[C@@H]4CC[C@H]5CC(N(C)C)CC[C@]5(C)[C@H]4CC[C@]23CN1C. The van der Waals surface area contributed by atoms with Crippen LogP contribution in [-0.2, 0) is 0 Å². The number of likely N-dealkylation sites (tertiary alicyclic amines) is 1. The number of hydrogen-bond donors (Lipinski definition) is 0. The summed E-state index contributed by atoms with van der Waals surface area (Å²) in [7, 11) is 7.02. The second-order valence-electron chi connectivity index (χ2n) is 11.7. The van der Waals surface area contributed by atoms with Gasteiger partial charge in [-0.1, -0.05) is 6.92 Å². The highest BCUT2D eigenvalue weighted by Gasteiger charge is 2.64. The lowest BCUT2D eigenvalue weighted by atomic mass is 9.44. The largest absolute Gasteiger partial charge is 0.306 e. The molecule has 1 aliphatic heterocycles. The van der Waals surface area contributed by atoms with E-state index >= 15 is 0 Å². The van der Waals surface area contributed by atoms with Crippen LogP contribution in [0.15, 0.2) is 0 Å². The Hall–Kier alpha value is -0.0800. The van der Waals surface area contributed by atoms with Crippen molar-refractivity contribution in [2.75, 3.05) is 27.7 Å². The molecule has 0 N–H and O–H groups in total. The van der Waals surface area contributed by atoms with Gasteiger partial charge in [0.15, 0.2) is 0 Å². The molecule has 0 aromatic carbocycles. The smallest absolute Gasteiger partial charge is 0.00982 e. The lowest BCUT2D eigenvalue weighted by Gasteiger charge is -2.61. The lowest BCUT2D eigenvalue weighted by Crippen LogP contribution is -2.55. The van der Waals surface area contributed by atoms with E-state index in [1.165, 1.54) is 38.6 Å². The summed E-state index contributed by atoms with van der Waals surface area (Å²) in [5.41, 5.74) is 1.37. The van der Waals surface area contributed by atoms with Crippen molar-refractivity contribution in [2.45, 2.75) is 83.7 Å². The van der Waals surface area contributed by atoms with E-state index in [1.807, 2.05) is 0 Å². The number of fused-ring (bicyclic) bond motifs is 4. The second kappa shape index (κ2) is 5.96. The molecule has 0 aromatic heterocycles. The van der Waals surface area contributed by atoms with Crippen molar-refractivity contribution in [3.63, 3.8) is 0 Å². The first-order valence-corrected chi connectivity index (χ1v) is 11.7. The fourth-order valence-corrected chi connectivity index (χ4v) is 9.51. The van der Waals surface area contributed by atoms with Crippen LogP contribution in [0.5, 0.6) is 0 Å². The van der Waals surface area contributed by atoms with Crippen molar-refractivity contribution in [3.05, 3.63) is 0 Å². The summed E-state index contributed by atoms with van der Waals surface area (Å²) in [6.07, 6.45) is 13.7. The van der Waals surface area contributed by atoms with Crippen LogP contribution in [0.2, 0.25) is 0 Å². The average molecular weight is 359 g/mol. The molecule has 0 radical (unpaired) electrons. The zero-order valence-corrected chi connectivity index (χ0v) is 18.0. The Balaban J connectivity index is 1.41. The average Bonchev–Trinajstić information content (AvgIpc) is 3.08. The van der Waals surface area contributed by atoms with Crippen LogP contribution in [0.4, 0.5) is 0 Å². The van der Waals surface area contributed by atoms with E-state index < -0.39 is 0 Å². The molecule has 1 saturated heterocycles. The van der Waals surface area contributed by atoms with Crippen molar-refractivity contribution < 1.29 is 0 Å². The summed E-state index contributed by atoms with van der Waals surface area (Å²) >= 11 is 0. The van der Waals surface area contributed by atoms with Gasteiger partial charge in [0.2, 0.25) is 0 Å². The van der Waals surface area contributed by atoms with Crippen LogP contribution in [0, 0.1) is 40.4 Å². The van der Waals surface area contributed by atoms with Gasteiger partial charge in [0, 0.05) is 18.6 Å². The van der Waals surface area contributed by atoms with E-state index in [-0.39, 0.29) is 0 Å². The first-order valence-electron chi connectivity index (χ1n) is 11.7. The van der Waals surface area contributed by atoms with Crippen molar-refractivity contribution in [3.8, 4) is 0 Å². The van der Waals surface area contributed by atoms with E-state index in [4.69, 9.17) is 0 Å². The first-order chi connectivity index (χ1) is 12.4. The predicted octanol–water partition coefficient (Wildman–Crippen LogP) is 4.89. The van der Waals surface area contributed by atoms with Crippen LogP contribution >= 0.6 is 0 Å². The monoisotopic (exact) mass is 358 g/mol. The Bertz CT molecular complexity index is 558. The molecule has 4 saturated carbocycles. The fraction of sp³-hybridized carbons (Fsp3) is 1.00. The number of hydrogen-bond acceptors (Lipinski definition) is 2. The van der Waals surface area contributed by atoms with Crippen LogP contribution < -0.4 is 0 Å². The van der Waals surface area contributed by atoms with Crippen LogP contribution in [0.1, 0.15) is 71.6 Å². The third kappa shape index (κ3) is 2.24. The number of rotatable bonds is 1. The molecule has 4 aliphatic carbocycles. The molecule has 5 fully saturated rings. The summed E-state index contributed by atoms with van der Waals surface area (Å²) in [6, 6.07) is 1.68. The first kappa shape index (κ1) is 18.0. The van der Waals surface area contributed by atoms with Gasteiger partial charge in [0.25, 0.3) is 0 Å². The standard InChI is InChI=1S/C24H42N2/c1-16-20-8-9-22-19-7-6-17-14-18(25(3)4)10-12-23(17,2)21(19)11-13-24(20,22)15-26(16)5/h16-22H,6-15H2,1-5H3/t16-,17-,18?,19+,20+,21-,22-,23-,24-/m0/s1. The molecule has 1 unspecified atom stereocenters. The minimum absolute atomic E-state index is 0.658. The van der Waals surface area contributed by atoms with E-state index in [0.717, 1.165) is 41.7 Å². The minimum Gasteiger partial charge on any atom is -0.306 e. The Kier molecular flexibility index (Phi) is 4.12. The third-order valence-electron chi connectivity index (χ3n) is 11.0. The van der Waals surface area contributed by atoms with Gasteiger partial charge in [-0.25, -0.2) is 0 Å². The summed E-state index contributed by atoms with van der Waals surface area (Å²) in [5.74, 6) is 5.17. The Morgan fingerprint density at radius 2 is 1.65 bits per heavy atom. The summed E-state index contributed by atoms with van der Waals surface area (Å²) in [6.45, 7) is 6.67. The number of nitrogens with zero attached hydrogens (tertiary/aromatic N) is 2. The summed E-state index contributed by atoms with van der Waals surface area (Å²) in [5, 5.41) is 0. The van der Waals surface area contributed by atoms with Crippen molar-refractivity contribution in [2.24, 2.45) is 40.4 Å². The van der Waals surface area contributed by atoms with E-state index in [2.05, 4.69) is 44.8 Å². The molecule has 0 amide bonds. The molecule has 148 valence electrons. The molecule has 2 heteroatoms. The highest BCUT2D eigenvalue weighted by molar-refractivity contribution is 5.15.